The number of benzene rings is 3. The van der Waals surface area contributed by atoms with E-state index in [0.29, 0.717) is 36.1 Å². The SMILES string of the molecule is COCc1cc(C)nc(N/N=C\c2cc(I)c(OCc3cccc4ccccc34)c(OC)c2)c1C#N. The summed E-state index contributed by atoms with van der Waals surface area (Å²) in [6, 6.07) is 22.3. The fourth-order valence-electron chi connectivity index (χ4n) is 3.91. The number of nitrogens with zero attached hydrogens (tertiary/aromatic N) is 3. The summed E-state index contributed by atoms with van der Waals surface area (Å²) in [5.74, 6) is 1.67. The average molecular weight is 592 g/mol. The first-order valence-electron chi connectivity index (χ1n) is 11.2. The molecule has 1 aromatic heterocycles. The van der Waals surface area contributed by atoms with E-state index in [4.69, 9.17) is 14.2 Å². The second kappa shape index (κ2) is 11.8. The van der Waals surface area contributed by atoms with Gasteiger partial charge in [0.15, 0.2) is 17.3 Å². The van der Waals surface area contributed by atoms with Crippen LogP contribution in [0, 0.1) is 21.8 Å². The first kappa shape index (κ1) is 25.4. The van der Waals surface area contributed by atoms with E-state index in [0.717, 1.165) is 26.0 Å². The third-order valence-corrected chi connectivity index (χ3v) is 6.33. The van der Waals surface area contributed by atoms with Gasteiger partial charge in [0.1, 0.15) is 18.2 Å². The second-order valence-corrected chi connectivity index (χ2v) is 9.18. The molecule has 182 valence electrons. The van der Waals surface area contributed by atoms with Crippen molar-refractivity contribution in [2.45, 2.75) is 20.1 Å². The molecular formula is C28H25IN4O3. The van der Waals surface area contributed by atoms with Crippen LogP contribution >= 0.6 is 22.6 Å². The maximum absolute atomic E-state index is 9.59. The minimum absolute atomic E-state index is 0.320. The van der Waals surface area contributed by atoms with Gasteiger partial charge in [-0.25, -0.2) is 4.98 Å². The number of aromatic nitrogens is 1. The molecule has 4 rings (SSSR count). The summed E-state index contributed by atoms with van der Waals surface area (Å²) >= 11 is 2.23. The van der Waals surface area contributed by atoms with Crippen LogP contribution in [0.5, 0.6) is 11.5 Å². The number of fused-ring (bicyclic) bond motifs is 1. The number of methoxy groups -OCH3 is 2. The molecule has 7 nitrogen and oxygen atoms in total. The van der Waals surface area contributed by atoms with E-state index in [1.165, 1.54) is 10.8 Å². The van der Waals surface area contributed by atoms with Crippen molar-refractivity contribution in [2.24, 2.45) is 5.10 Å². The van der Waals surface area contributed by atoms with Crippen molar-refractivity contribution in [3.63, 3.8) is 0 Å². The summed E-state index contributed by atoms with van der Waals surface area (Å²) in [6.07, 6.45) is 1.65. The largest absolute Gasteiger partial charge is 0.493 e. The Morgan fingerprint density at radius 3 is 2.64 bits per heavy atom. The normalized spacial score (nSPS) is 11.0. The lowest BCUT2D eigenvalue weighted by Gasteiger charge is -2.14. The molecule has 0 spiro atoms. The van der Waals surface area contributed by atoms with Gasteiger partial charge in [-0.05, 0) is 69.6 Å². The van der Waals surface area contributed by atoms with Gasteiger partial charge < -0.3 is 14.2 Å². The molecule has 1 N–H and O–H groups in total. The minimum atomic E-state index is 0.320. The van der Waals surface area contributed by atoms with Crippen LogP contribution in [-0.4, -0.2) is 25.4 Å². The van der Waals surface area contributed by atoms with Gasteiger partial charge in [-0.3, -0.25) is 5.43 Å². The number of ether oxygens (including phenoxy) is 3. The average Bonchev–Trinajstić information content (AvgIpc) is 2.88. The molecule has 0 saturated heterocycles. The molecule has 3 aromatic carbocycles. The first-order valence-corrected chi connectivity index (χ1v) is 12.3. The van der Waals surface area contributed by atoms with E-state index in [1.54, 1.807) is 20.4 Å². The van der Waals surface area contributed by atoms with Gasteiger partial charge >= 0.3 is 0 Å². The van der Waals surface area contributed by atoms with Crippen LogP contribution in [-0.2, 0) is 18.0 Å². The Hall–Kier alpha value is -3.68. The number of hydrogen-bond acceptors (Lipinski definition) is 7. The third-order valence-electron chi connectivity index (χ3n) is 5.53. The summed E-state index contributed by atoms with van der Waals surface area (Å²) in [7, 11) is 3.20. The highest BCUT2D eigenvalue weighted by atomic mass is 127. The molecule has 0 unspecified atom stereocenters. The number of nitrogens with one attached hydrogen (secondary N) is 1. The smallest absolute Gasteiger partial charge is 0.174 e. The van der Waals surface area contributed by atoms with Gasteiger partial charge in [-0.2, -0.15) is 10.4 Å². The molecule has 1 heterocycles. The van der Waals surface area contributed by atoms with Gasteiger partial charge in [-0.1, -0.05) is 42.5 Å². The van der Waals surface area contributed by atoms with Crippen LogP contribution < -0.4 is 14.9 Å². The van der Waals surface area contributed by atoms with Crippen LogP contribution in [0.3, 0.4) is 0 Å². The van der Waals surface area contributed by atoms with E-state index >= 15 is 0 Å². The van der Waals surface area contributed by atoms with Crippen molar-refractivity contribution in [1.82, 2.24) is 4.98 Å². The Morgan fingerprint density at radius 2 is 1.86 bits per heavy atom. The topological polar surface area (TPSA) is 88.8 Å². The molecule has 0 bridgehead atoms. The molecule has 0 amide bonds. The van der Waals surface area contributed by atoms with Gasteiger partial charge in [0.05, 0.1) is 23.5 Å². The van der Waals surface area contributed by atoms with E-state index < -0.39 is 0 Å². The van der Waals surface area contributed by atoms with Crippen LogP contribution in [0.15, 0.2) is 65.8 Å². The zero-order chi connectivity index (χ0) is 25.5. The van der Waals surface area contributed by atoms with Crippen LogP contribution in [0.2, 0.25) is 0 Å². The summed E-state index contributed by atoms with van der Waals surface area (Å²) in [5, 5.41) is 16.2. The van der Waals surface area contributed by atoms with Crippen LogP contribution in [0.25, 0.3) is 10.8 Å². The maximum Gasteiger partial charge on any atom is 0.174 e. The van der Waals surface area contributed by atoms with Crippen molar-refractivity contribution in [2.75, 3.05) is 19.6 Å². The minimum Gasteiger partial charge on any atom is -0.493 e. The van der Waals surface area contributed by atoms with Gasteiger partial charge in [0, 0.05) is 18.4 Å². The lowest BCUT2D eigenvalue weighted by atomic mass is 10.1. The maximum atomic E-state index is 9.59. The fourth-order valence-corrected chi connectivity index (χ4v) is 4.69. The number of hydrazone groups is 1. The highest BCUT2D eigenvalue weighted by Crippen LogP contribution is 2.34. The molecular weight excluding hydrogens is 567 g/mol. The number of aryl methyl sites for hydroxylation is 1. The Labute approximate surface area is 223 Å². The molecule has 0 aliphatic carbocycles. The van der Waals surface area contributed by atoms with Gasteiger partial charge in [0.2, 0.25) is 0 Å². The van der Waals surface area contributed by atoms with Crippen LogP contribution in [0.4, 0.5) is 5.82 Å². The summed E-state index contributed by atoms with van der Waals surface area (Å²) < 4.78 is 17.9. The number of anilines is 1. The number of halogens is 1. The van der Waals surface area contributed by atoms with Crippen molar-refractivity contribution in [3.05, 3.63) is 92.2 Å². The number of pyridine rings is 1. The Morgan fingerprint density at radius 1 is 1.06 bits per heavy atom. The lowest BCUT2D eigenvalue weighted by Crippen LogP contribution is -2.04. The summed E-state index contributed by atoms with van der Waals surface area (Å²) in [4.78, 5) is 4.41. The van der Waals surface area contributed by atoms with E-state index in [1.807, 2.05) is 43.3 Å². The molecule has 4 aromatic rings. The fraction of sp³-hybridized carbons (Fsp3) is 0.179. The van der Waals surface area contributed by atoms with Crippen molar-refractivity contribution in [1.29, 1.82) is 5.26 Å². The highest BCUT2D eigenvalue weighted by molar-refractivity contribution is 14.1. The molecule has 36 heavy (non-hydrogen) atoms. The molecule has 0 saturated carbocycles. The Balaban J connectivity index is 1.53. The first-order chi connectivity index (χ1) is 17.5. The highest BCUT2D eigenvalue weighted by Gasteiger charge is 2.13. The summed E-state index contributed by atoms with van der Waals surface area (Å²) in [6.45, 7) is 2.60. The number of hydrogen-bond donors (Lipinski definition) is 1. The van der Waals surface area contributed by atoms with E-state index in [2.05, 4.69) is 68.4 Å². The zero-order valence-corrected chi connectivity index (χ0v) is 22.4. The summed E-state index contributed by atoms with van der Waals surface area (Å²) in [5.41, 5.74) is 6.74. The molecule has 0 aliphatic heterocycles. The molecule has 0 aliphatic rings. The monoisotopic (exact) mass is 592 g/mol. The van der Waals surface area contributed by atoms with Gasteiger partial charge in [-0.15, -0.1) is 0 Å². The lowest BCUT2D eigenvalue weighted by molar-refractivity contribution is 0.184. The van der Waals surface area contributed by atoms with Crippen molar-refractivity contribution >= 4 is 45.4 Å². The standard InChI is InChI=1S/C28H25IN4O3/c1-18-11-22(16-34-2)24(14-30)28(32-18)33-31-15-19-12-25(29)27(26(13-19)35-3)36-17-21-9-6-8-20-7-4-5-10-23(20)21/h4-13,15H,16-17H2,1-3H3,(H,32,33)/b31-15-. The van der Waals surface area contributed by atoms with Crippen LogP contribution in [0.1, 0.15) is 27.9 Å². The van der Waals surface area contributed by atoms with Crippen molar-refractivity contribution in [3.8, 4) is 17.6 Å². The van der Waals surface area contributed by atoms with Gasteiger partial charge in [0.25, 0.3) is 0 Å². The number of rotatable bonds is 9. The van der Waals surface area contributed by atoms with E-state index in [-0.39, 0.29) is 0 Å². The quantitative estimate of drug-likeness (QED) is 0.142. The third kappa shape index (κ3) is 5.75. The zero-order valence-electron chi connectivity index (χ0n) is 20.2. The number of nitriles is 1. The molecule has 0 radical (unpaired) electrons. The second-order valence-electron chi connectivity index (χ2n) is 8.02. The molecule has 8 heteroatoms. The van der Waals surface area contributed by atoms with E-state index in [9.17, 15) is 5.26 Å². The Kier molecular flexibility index (Phi) is 8.36. The molecule has 0 atom stereocenters. The molecule has 0 fully saturated rings. The predicted octanol–water partition coefficient (Wildman–Crippen LogP) is 6.20. The predicted molar refractivity (Wildman–Crippen MR) is 150 cm³/mol. The Bertz CT molecular complexity index is 1460. The van der Waals surface area contributed by atoms with Crippen molar-refractivity contribution < 1.29 is 14.2 Å².